The highest BCUT2D eigenvalue weighted by Crippen LogP contribution is 2.33. The molecule has 1 fully saturated rings. The van der Waals surface area contributed by atoms with Crippen molar-refractivity contribution in [1.29, 1.82) is 0 Å². The fraction of sp³-hybridized carbons (Fsp3) is 0.647. The summed E-state index contributed by atoms with van der Waals surface area (Å²) >= 11 is 2.09. The highest BCUT2D eigenvalue weighted by Gasteiger charge is 2.28. The van der Waals surface area contributed by atoms with Gasteiger partial charge in [-0.1, -0.05) is 31.5 Å². The maximum Gasteiger partial charge on any atom is 0.0412 e. The summed E-state index contributed by atoms with van der Waals surface area (Å²) < 4.78 is 0.353. The van der Waals surface area contributed by atoms with Crippen molar-refractivity contribution in [2.75, 3.05) is 23.7 Å². The number of anilines is 1. The first kappa shape index (κ1) is 15.7. The minimum absolute atomic E-state index is 0.353. The Hall–Kier alpha value is -0.670. The van der Waals surface area contributed by atoms with E-state index in [-0.39, 0.29) is 0 Å². The molecule has 1 aromatic carbocycles. The van der Waals surface area contributed by atoms with Crippen molar-refractivity contribution in [3.8, 4) is 0 Å². The van der Waals surface area contributed by atoms with Gasteiger partial charge in [0.25, 0.3) is 0 Å². The smallest absolute Gasteiger partial charge is 0.0412 e. The molecule has 0 bridgehead atoms. The zero-order valence-electron chi connectivity index (χ0n) is 13.5. The van der Waals surface area contributed by atoms with Crippen LogP contribution in [0, 0.1) is 6.92 Å². The van der Waals surface area contributed by atoms with Gasteiger partial charge in [-0.2, -0.15) is 11.8 Å². The number of nitrogens with one attached hydrogen (secondary N) is 1. The molecular weight excluding hydrogens is 264 g/mol. The summed E-state index contributed by atoms with van der Waals surface area (Å²) in [6, 6.07) is 7.40. The van der Waals surface area contributed by atoms with E-state index in [1.165, 1.54) is 22.6 Å². The van der Waals surface area contributed by atoms with E-state index in [0.717, 1.165) is 19.6 Å². The molecule has 0 aromatic heterocycles. The molecule has 1 aliphatic heterocycles. The molecule has 0 aliphatic carbocycles. The lowest BCUT2D eigenvalue weighted by Gasteiger charge is -2.40. The minimum Gasteiger partial charge on any atom is -0.369 e. The van der Waals surface area contributed by atoms with Crippen LogP contribution in [0.2, 0.25) is 0 Å². The summed E-state index contributed by atoms with van der Waals surface area (Å²) in [5.41, 5.74) is 4.19. The Kier molecular flexibility index (Phi) is 5.03. The monoisotopic (exact) mass is 292 g/mol. The predicted molar refractivity (Wildman–Crippen MR) is 91.9 cm³/mol. The zero-order valence-corrected chi connectivity index (χ0v) is 14.3. The van der Waals surface area contributed by atoms with Crippen LogP contribution in [-0.4, -0.2) is 29.6 Å². The van der Waals surface area contributed by atoms with Gasteiger partial charge in [0.1, 0.15) is 0 Å². The number of thioether (sulfide) groups is 1. The largest absolute Gasteiger partial charge is 0.369 e. The van der Waals surface area contributed by atoms with Crippen LogP contribution in [0.3, 0.4) is 0 Å². The molecule has 112 valence electrons. The van der Waals surface area contributed by atoms with Gasteiger partial charge in [0.05, 0.1) is 0 Å². The molecule has 2 rings (SSSR count). The standard InChI is InChI=1S/C17H28N2S/c1-13(2)18-11-15-10-14(3)6-7-16(15)19-8-9-20-17(4,5)12-19/h6-7,10,13,18H,8-9,11-12H2,1-5H3. The Morgan fingerprint density at radius 3 is 2.75 bits per heavy atom. The maximum atomic E-state index is 3.56. The van der Waals surface area contributed by atoms with Crippen LogP contribution in [0.4, 0.5) is 5.69 Å². The van der Waals surface area contributed by atoms with Crippen LogP contribution >= 0.6 is 11.8 Å². The fourth-order valence-corrected chi connectivity index (χ4v) is 3.81. The Labute approximate surface area is 128 Å². The van der Waals surface area contributed by atoms with Crippen molar-refractivity contribution in [1.82, 2.24) is 5.32 Å². The average molecular weight is 292 g/mol. The summed E-state index contributed by atoms with van der Waals surface area (Å²) in [7, 11) is 0. The molecular formula is C17H28N2S. The second kappa shape index (κ2) is 6.40. The first-order chi connectivity index (χ1) is 9.37. The van der Waals surface area contributed by atoms with E-state index in [4.69, 9.17) is 0 Å². The first-order valence-electron chi connectivity index (χ1n) is 7.59. The maximum absolute atomic E-state index is 3.56. The lowest BCUT2D eigenvalue weighted by atomic mass is 10.1. The Morgan fingerprint density at radius 2 is 2.10 bits per heavy atom. The van der Waals surface area contributed by atoms with Gasteiger partial charge >= 0.3 is 0 Å². The third kappa shape index (κ3) is 4.16. The highest BCUT2D eigenvalue weighted by molar-refractivity contribution is 8.00. The molecule has 2 nitrogen and oxygen atoms in total. The van der Waals surface area contributed by atoms with Crippen LogP contribution in [-0.2, 0) is 6.54 Å². The molecule has 1 heterocycles. The van der Waals surface area contributed by atoms with Crippen LogP contribution in [0.15, 0.2) is 18.2 Å². The van der Waals surface area contributed by atoms with E-state index in [0.29, 0.717) is 10.8 Å². The second-order valence-corrected chi connectivity index (χ2v) is 8.50. The molecule has 20 heavy (non-hydrogen) atoms. The summed E-state index contributed by atoms with van der Waals surface area (Å²) in [4.78, 5) is 2.56. The molecule has 1 N–H and O–H groups in total. The third-order valence-electron chi connectivity index (χ3n) is 3.70. The molecule has 1 aliphatic rings. The van der Waals surface area contributed by atoms with E-state index < -0.39 is 0 Å². The van der Waals surface area contributed by atoms with Crippen LogP contribution in [0.25, 0.3) is 0 Å². The van der Waals surface area contributed by atoms with Crippen molar-refractivity contribution >= 4 is 17.4 Å². The molecule has 0 saturated carbocycles. The molecule has 3 heteroatoms. The van der Waals surface area contributed by atoms with Gasteiger partial charge in [-0.15, -0.1) is 0 Å². The van der Waals surface area contributed by atoms with Crippen molar-refractivity contribution < 1.29 is 0 Å². The van der Waals surface area contributed by atoms with Gasteiger partial charge < -0.3 is 10.2 Å². The molecule has 0 amide bonds. The number of aryl methyl sites for hydroxylation is 1. The fourth-order valence-electron chi connectivity index (χ4n) is 2.70. The Morgan fingerprint density at radius 1 is 1.35 bits per heavy atom. The van der Waals surface area contributed by atoms with Crippen LogP contribution in [0.1, 0.15) is 38.8 Å². The van der Waals surface area contributed by atoms with Gasteiger partial charge in [0.2, 0.25) is 0 Å². The van der Waals surface area contributed by atoms with Crippen molar-refractivity contribution in [2.24, 2.45) is 0 Å². The van der Waals surface area contributed by atoms with E-state index in [2.05, 4.69) is 74.8 Å². The van der Waals surface area contributed by atoms with Gasteiger partial charge in [-0.25, -0.2) is 0 Å². The van der Waals surface area contributed by atoms with Crippen LogP contribution in [0.5, 0.6) is 0 Å². The SMILES string of the molecule is Cc1ccc(N2CCSC(C)(C)C2)c(CNC(C)C)c1. The van der Waals surface area contributed by atoms with Gasteiger partial charge in [-0.05, 0) is 32.4 Å². The highest BCUT2D eigenvalue weighted by atomic mass is 32.2. The average Bonchev–Trinajstić information content (AvgIpc) is 2.35. The summed E-state index contributed by atoms with van der Waals surface area (Å²) in [5, 5.41) is 3.56. The molecule has 0 atom stereocenters. The minimum atomic E-state index is 0.353. The van der Waals surface area contributed by atoms with Gasteiger partial charge in [0, 0.05) is 41.9 Å². The molecule has 1 saturated heterocycles. The zero-order chi connectivity index (χ0) is 14.8. The Balaban J connectivity index is 2.21. The molecule has 0 radical (unpaired) electrons. The van der Waals surface area contributed by atoms with Crippen molar-refractivity contribution in [2.45, 2.75) is 52.0 Å². The normalized spacial score (nSPS) is 18.6. The Bertz CT molecular complexity index is 454. The molecule has 0 spiro atoms. The first-order valence-corrected chi connectivity index (χ1v) is 8.58. The second-order valence-electron chi connectivity index (χ2n) is 6.70. The van der Waals surface area contributed by atoms with Crippen molar-refractivity contribution in [3.63, 3.8) is 0 Å². The summed E-state index contributed by atoms with van der Waals surface area (Å²) in [6.45, 7) is 14.5. The van der Waals surface area contributed by atoms with Gasteiger partial charge in [0.15, 0.2) is 0 Å². The number of benzene rings is 1. The predicted octanol–water partition coefficient (Wildman–Crippen LogP) is 3.82. The molecule has 1 aromatic rings. The lowest BCUT2D eigenvalue weighted by Crippen LogP contribution is -2.43. The van der Waals surface area contributed by atoms with E-state index in [9.17, 15) is 0 Å². The number of hydrogen-bond donors (Lipinski definition) is 1. The van der Waals surface area contributed by atoms with Gasteiger partial charge in [-0.3, -0.25) is 0 Å². The van der Waals surface area contributed by atoms with E-state index >= 15 is 0 Å². The lowest BCUT2D eigenvalue weighted by molar-refractivity contribution is 0.585. The van der Waals surface area contributed by atoms with Crippen LogP contribution < -0.4 is 10.2 Å². The van der Waals surface area contributed by atoms with E-state index in [1.807, 2.05) is 0 Å². The number of nitrogens with zero attached hydrogens (tertiary/aromatic N) is 1. The number of hydrogen-bond acceptors (Lipinski definition) is 3. The quantitative estimate of drug-likeness (QED) is 0.908. The third-order valence-corrected chi connectivity index (χ3v) is 5.00. The topological polar surface area (TPSA) is 15.3 Å². The summed E-state index contributed by atoms with van der Waals surface area (Å²) in [6.07, 6.45) is 0. The van der Waals surface area contributed by atoms with Crippen molar-refractivity contribution in [3.05, 3.63) is 29.3 Å². The molecule has 0 unspecified atom stereocenters. The number of rotatable bonds is 4. The summed E-state index contributed by atoms with van der Waals surface area (Å²) in [5.74, 6) is 1.22. The van der Waals surface area contributed by atoms with E-state index in [1.54, 1.807) is 0 Å².